The Kier molecular flexibility index (Phi) is 4.04. The van der Waals surface area contributed by atoms with Gasteiger partial charge in [0, 0.05) is 13.7 Å². The number of nitrogens with two attached hydrogens (primary N) is 1. The highest BCUT2D eigenvalue weighted by molar-refractivity contribution is 4.47. The molecule has 1 atom stereocenters. The van der Waals surface area contributed by atoms with Gasteiger partial charge in [0.15, 0.2) is 0 Å². The summed E-state index contributed by atoms with van der Waals surface area (Å²) in [6.07, 6.45) is 0. The van der Waals surface area contributed by atoms with Gasteiger partial charge in [-0.15, -0.1) is 0 Å². The summed E-state index contributed by atoms with van der Waals surface area (Å²) in [5, 5.41) is 0. The maximum absolute atomic E-state index is 5.28. The van der Waals surface area contributed by atoms with Crippen LogP contribution in [0.5, 0.6) is 0 Å². The maximum atomic E-state index is 5.28. The predicted octanol–water partition coefficient (Wildman–Crippen LogP) is 0.228. The van der Waals surface area contributed by atoms with Crippen molar-refractivity contribution in [2.24, 2.45) is 11.7 Å². The second-order valence-electron chi connectivity index (χ2n) is 1.80. The van der Waals surface area contributed by atoms with E-state index in [0.717, 1.165) is 6.61 Å². The fourth-order valence-corrected chi connectivity index (χ4v) is 0.353. The van der Waals surface area contributed by atoms with Crippen molar-refractivity contribution in [2.75, 3.05) is 20.3 Å². The van der Waals surface area contributed by atoms with Gasteiger partial charge in [-0.05, 0) is 12.5 Å². The van der Waals surface area contributed by atoms with Gasteiger partial charge >= 0.3 is 0 Å². The first-order valence-corrected chi connectivity index (χ1v) is 2.50. The fourth-order valence-electron chi connectivity index (χ4n) is 0.353. The molecule has 0 amide bonds. The molecule has 0 saturated carbocycles. The lowest BCUT2D eigenvalue weighted by Crippen LogP contribution is -2.15. The molecule has 2 nitrogen and oxygen atoms in total. The lowest BCUT2D eigenvalue weighted by molar-refractivity contribution is 0.162. The van der Waals surface area contributed by atoms with E-state index in [1.807, 2.05) is 0 Å². The molecular weight excluding hydrogens is 90.1 g/mol. The molecule has 0 aromatic carbocycles. The average Bonchev–Trinajstić information content (AvgIpc) is 1.68. The summed E-state index contributed by atoms with van der Waals surface area (Å²) >= 11 is 0. The van der Waals surface area contributed by atoms with Crippen LogP contribution in [0, 0.1) is 5.92 Å². The van der Waals surface area contributed by atoms with Gasteiger partial charge in [0.25, 0.3) is 0 Å². The average molecular weight is 103 g/mol. The molecule has 0 aliphatic heterocycles. The monoisotopic (exact) mass is 103 g/mol. The minimum absolute atomic E-state index is 0.505. The van der Waals surface area contributed by atoms with Crippen LogP contribution in [0.2, 0.25) is 0 Å². The zero-order chi connectivity index (χ0) is 5.70. The standard InChI is InChI=1S/C5H13NO/c1-5(3-6)4-7-2/h5H,3-4,6H2,1-2H3/t5-/m0/s1. The molecule has 0 fully saturated rings. The first-order valence-electron chi connectivity index (χ1n) is 2.50. The second-order valence-corrected chi connectivity index (χ2v) is 1.80. The molecule has 7 heavy (non-hydrogen) atoms. The van der Waals surface area contributed by atoms with E-state index < -0.39 is 0 Å². The SMILES string of the molecule is COC[C@@H](C)CN. The van der Waals surface area contributed by atoms with Crippen LogP contribution in [-0.4, -0.2) is 20.3 Å². The van der Waals surface area contributed by atoms with E-state index in [4.69, 9.17) is 10.5 Å². The van der Waals surface area contributed by atoms with Crippen LogP contribution in [0.25, 0.3) is 0 Å². The molecule has 0 unspecified atom stereocenters. The van der Waals surface area contributed by atoms with Crippen LogP contribution in [0.4, 0.5) is 0 Å². The fraction of sp³-hybridized carbons (Fsp3) is 1.00. The Morgan fingerprint density at radius 2 is 2.29 bits per heavy atom. The van der Waals surface area contributed by atoms with Crippen molar-refractivity contribution in [3.05, 3.63) is 0 Å². The maximum Gasteiger partial charge on any atom is 0.0499 e. The molecule has 0 bridgehead atoms. The Morgan fingerprint density at radius 3 is 2.43 bits per heavy atom. The molecule has 2 N–H and O–H groups in total. The first kappa shape index (κ1) is 6.92. The van der Waals surface area contributed by atoms with Crippen molar-refractivity contribution in [2.45, 2.75) is 6.92 Å². The Labute approximate surface area is 44.7 Å². The van der Waals surface area contributed by atoms with E-state index in [1.165, 1.54) is 0 Å². The molecule has 44 valence electrons. The third-order valence-electron chi connectivity index (χ3n) is 0.854. The van der Waals surface area contributed by atoms with Gasteiger partial charge in [0.1, 0.15) is 0 Å². The zero-order valence-corrected chi connectivity index (χ0v) is 4.98. The summed E-state index contributed by atoms with van der Waals surface area (Å²) in [7, 11) is 1.69. The predicted molar refractivity (Wildman–Crippen MR) is 30.1 cm³/mol. The van der Waals surface area contributed by atoms with E-state index in [-0.39, 0.29) is 0 Å². The van der Waals surface area contributed by atoms with Gasteiger partial charge in [-0.3, -0.25) is 0 Å². The molecular formula is C5H13NO. The van der Waals surface area contributed by atoms with Crippen molar-refractivity contribution in [1.82, 2.24) is 0 Å². The van der Waals surface area contributed by atoms with Crippen LogP contribution < -0.4 is 5.73 Å². The highest BCUT2D eigenvalue weighted by atomic mass is 16.5. The number of rotatable bonds is 3. The van der Waals surface area contributed by atoms with E-state index >= 15 is 0 Å². The van der Waals surface area contributed by atoms with Crippen molar-refractivity contribution >= 4 is 0 Å². The second kappa shape index (κ2) is 4.09. The molecule has 0 spiro atoms. The van der Waals surface area contributed by atoms with Gasteiger partial charge < -0.3 is 10.5 Å². The van der Waals surface area contributed by atoms with Crippen molar-refractivity contribution < 1.29 is 4.74 Å². The van der Waals surface area contributed by atoms with Crippen LogP contribution >= 0.6 is 0 Å². The molecule has 0 aliphatic rings. The summed E-state index contributed by atoms with van der Waals surface area (Å²) in [5.74, 6) is 0.505. The van der Waals surface area contributed by atoms with Gasteiger partial charge in [0.05, 0.1) is 0 Å². The minimum Gasteiger partial charge on any atom is -0.384 e. The summed E-state index contributed by atoms with van der Waals surface area (Å²) < 4.78 is 4.81. The Morgan fingerprint density at radius 1 is 1.71 bits per heavy atom. The van der Waals surface area contributed by atoms with Gasteiger partial charge in [-0.1, -0.05) is 6.92 Å². The third-order valence-corrected chi connectivity index (χ3v) is 0.854. The number of ether oxygens (including phenoxy) is 1. The lowest BCUT2D eigenvalue weighted by Gasteiger charge is -2.03. The number of hydrogen-bond acceptors (Lipinski definition) is 2. The quantitative estimate of drug-likeness (QED) is 0.555. The van der Waals surface area contributed by atoms with E-state index in [0.29, 0.717) is 12.5 Å². The molecule has 0 radical (unpaired) electrons. The highest BCUT2D eigenvalue weighted by Crippen LogP contribution is 1.88. The molecule has 0 heterocycles. The van der Waals surface area contributed by atoms with E-state index in [1.54, 1.807) is 7.11 Å². The number of methoxy groups -OCH3 is 1. The van der Waals surface area contributed by atoms with Crippen molar-refractivity contribution in [3.63, 3.8) is 0 Å². The topological polar surface area (TPSA) is 35.2 Å². The van der Waals surface area contributed by atoms with E-state index in [9.17, 15) is 0 Å². The normalized spacial score (nSPS) is 14.1. The largest absolute Gasteiger partial charge is 0.384 e. The summed E-state index contributed by atoms with van der Waals surface area (Å²) in [6.45, 7) is 3.55. The van der Waals surface area contributed by atoms with Crippen LogP contribution in [0.3, 0.4) is 0 Å². The molecule has 0 aromatic rings. The Bertz CT molecular complexity index is 39.1. The zero-order valence-electron chi connectivity index (χ0n) is 4.98. The van der Waals surface area contributed by atoms with Gasteiger partial charge in [-0.2, -0.15) is 0 Å². The Hall–Kier alpha value is -0.0800. The van der Waals surface area contributed by atoms with Crippen LogP contribution in [0.1, 0.15) is 6.92 Å². The highest BCUT2D eigenvalue weighted by Gasteiger charge is 1.93. The first-order chi connectivity index (χ1) is 3.31. The molecule has 0 rings (SSSR count). The van der Waals surface area contributed by atoms with Crippen LogP contribution in [0.15, 0.2) is 0 Å². The smallest absolute Gasteiger partial charge is 0.0499 e. The minimum atomic E-state index is 0.505. The van der Waals surface area contributed by atoms with Gasteiger partial charge in [0.2, 0.25) is 0 Å². The van der Waals surface area contributed by atoms with Crippen molar-refractivity contribution in [1.29, 1.82) is 0 Å². The van der Waals surface area contributed by atoms with Crippen LogP contribution in [-0.2, 0) is 4.74 Å². The summed E-state index contributed by atoms with van der Waals surface area (Å²) in [6, 6.07) is 0. The lowest BCUT2D eigenvalue weighted by atomic mass is 10.2. The summed E-state index contributed by atoms with van der Waals surface area (Å²) in [4.78, 5) is 0. The Balaban J connectivity index is 2.83. The number of hydrogen-bond donors (Lipinski definition) is 1. The van der Waals surface area contributed by atoms with E-state index in [2.05, 4.69) is 6.92 Å². The van der Waals surface area contributed by atoms with Gasteiger partial charge in [-0.25, -0.2) is 0 Å². The van der Waals surface area contributed by atoms with Crippen molar-refractivity contribution in [3.8, 4) is 0 Å². The molecule has 0 saturated heterocycles. The molecule has 2 heteroatoms. The molecule has 0 aromatic heterocycles. The molecule has 0 aliphatic carbocycles. The third kappa shape index (κ3) is 3.76. The summed E-state index contributed by atoms with van der Waals surface area (Å²) in [5.41, 5.74) is 5.28.